The van der Waals surface area contributed by atoms with E-state index < -0.39 is 0 Å². The number of benzene rings is 1. The van der Waals surface area contributed by atoms with Crippen molar-refractivity contribution < 1.29 is 9.63 Å². The number of aromatic nitrogens is 3. The molecule has 23 heavy (non-hydrogen) atoms. The molecule has 1 aromatic carbocycles. The van der Waals surface area contributed by atoms with E-state index in [1.165, 1.54) is 0 Å². The molecule has 2 aromatic heterocycles. The summed E-state index contributed by atoms with van der Waals surface area (Å²) >= 11 is 0. The van der Waals surface area contributed by atoms with Gasteiger partial charge in [0.2, 0.25) is 5.82 Å². The van der Waals surface area contributed by atoms with E-state index in [-0.39, 0.29) is 6.61 Å². The van der Waals surface area contributed by atoms with Gasteiger partial charge in [0.15, 0.2) is 0 Å². The first-order valence-electron chi connectivity index (χ1n) is 7.49. The van der Waals surface area contributed by atoms with E-state index >= 15 is 0 Å². The molecule has 118 valence electrons. The Balaban J connectivity index is 1.77. The summed E-state index contributed by atoms with van der Waals surface area (Å²) in [6, 6.07) is 11.6. The van der Waals surface area contributed by atoms with Crippen LogP contribution in [0.2, 0.25) is 0 Å². The molecular weight excluding hydrogens is 292 g/mol. The van der Waals surface area contributed by atoms with Crippen LogP contribution in [0.1, 0.15) is 12.0 Å². The maximum Gasteiger partial charge on any atom is 0.259 e. The molecule has 3 rings (SSSR count). The highest BCUT2D eigenvalue weighted by Crippen LogP contribution is 2.24. The number of pyridine rings is 1. The fourth-order valence-electron chi connectivity index (χ4n) is 2.19. The largest absolute Gasteiger partial charge is 0.396 e. The second-order valence-electron chi connectivity index (χ2n) is 5.17. The molecule has 0 spiro atoms. The maximum atomic E-state index is 8.76. The van der Waals surface area contributed by atoms with Gasteiger partial charge in [-0.15, -0.1) is 0 Å². The zero-order valence-electron chi connectivity index (χ0n) is 12.9. The summed E-state index contributed by atoms with van der Waals surface area (Å²) in [4.78, 5) is 8.75. The van der Waals surface area contributed by atoms with Gasteiger partial charge in [-0.1, -0.05) is 29.4 Å². The number of anilines is 1. The quantitative estimate of drug-likeness (QED) is 0.681. The van der Waals surface area contributed by atoms with Crippen molar-refractivity contribution in [1.82, 2.24) is 15.1 Å². The Morgan fingerprint density at radius 2 is 2.04 bits per heavy atom. The lowest BCUT2D eigenvalue weighted by atomic mass is 10.1. The predicted octanol–water partition coefficient (Wildman–Crippen LogP) is 2.90. The Bertz CT molecular complexity index is 768. The molecule has 0 saturated heterocycles. The van der Waals surface area contributed by atoms with Gasteiger partial charge in [0.05, 0.1) is 5.56 Å². The molecule has 2 N–H and O–H groups in total. The minimum absolute atomic E-state index is 0.161. The van der Waals surface area contributed by atoms with Crippen LogP contribution in [-0.4, -0.2) is 33.4 Å². The normalized spacial score (nSPS) is 10.7. The highest BCUT2D eigenvalue weighted by Gasteiger charge is 2.12. The molecule has 6 nitrogen and oxygen atoms in total. The number of aryl methyl sites for hydroxylation is 1. The lowest BCUT2D eigenvalue weighted by molar-refractivity contribution is 0.292. The van der Waals surface area contributed by atoms with E-state index in [0.717, 1.165) is 22.5 Å². The fourth-order valence-corrected chi connectivity index (χ4v) is 2.19. The van der Waals surface area contributed by atoms with Gasteiger partial charge in [-0.05, 0) is 31.0 Å². The molecule has 0 aliphatic carbocycles. The summed E-state index contributed by atoms with van der Waals surface area (Å²) in [6.07, 6.45) is 2.38. The van der Waals surface area contributed by atoms with Gasteiger partial charge in [-0.3, -0.25) is 0 Å². The van der Waals surface area contributed by atoms with Gasteiger partial charge >= 0.3 is 0 Å². The number of aliphatic hydroxyl groups is 1. The van der Waals surface area contributed by atoms with Gasteiger partial charge in [0.1, 0.15) is 5.82 Å². The van der Waals surface area contributed by atoms with Crippen molar-refractivity contribution in [1.29, 1.82) is 0 Å². The lowest BCUT2D eigenvalue weighted by Crippen LogP contribution is -2.04. The van der Waals surface area contributed by atoms with Crippen LogP contribution in [0.25, 0.3) is 22.8 Å². The van der Waals surface area contributed by atoms with Crippen molar-refractivity contribution in [3.63, 3.8) is 0 Å². The molecule has 0 aliphatic heterocycles. The Hall–Kier alpha value is -2.73. The summed E-state index contributed by atoms with van der Waals surface area (Å²) < 4.78 is 5.34. The first-order chi connectivity index (χ1) is 11.3. The minimum atomic E-state index is 0.161. The molecule has 0 saturated carbocycles. The zero-order chi connectivity index (χ0) is 16.1. The number of rotatable bonds is 6. The Labute approximate surface area is 134 Å². The standard InChI is InChI=1S/C17H18N4O2/c1-12-5-2-3-6-14(12)16-20-17(23-21-16)13-7-8-15(19-11-13)18-9-4-10-22/h2-3,5-8,11,22H,4,9-10H2,1H3,(H,18,19). The van der Waals surface area contributed by atoms with Gasteiger partial charge in [-0.25, -0.2) is 4.98 Å². The first kappa shape index (κ1) is 15.2. The van der Waals surface area contributed by atoms with Gasteiger partial charge < -0.3 is 14.9 Å². The first-order valence-corrected chi connectivity index (χ1v) is 7.49. The summed E-state index contributed by atoms with van der Waals surface area (Å²) in [5, 5.41) is 15.9. The van der Waals surface area contributed by atoms with Crippen LogP contribution in [-0.2, 0) is 0 Å². The Morgan fingerprint density at radius 1 is 1.17 bits per heavy atom. The van der Waals surface area contributed by atoms with Crippen LogP contribution < -0.4 is 5.32 Å². The topological polar surface area (TPSA) is 84.1 Å². The lowest BCUT2D eigenvalue weighted by Gasteiger charge is -2.03. The zero-order valence-corrected chi connectivity index (χ0v) is 12.9. The van der Waals surface area contributed by atoms with Crippen LogP contribution in [0, 0.1) is 6.92 Å². The summed E-state index contributed by atoms with van der Waals surface area (Å²) in [6.45, 7) is 2.86. The average Bonchev–Trinajstić information content (AvgIpc) is 3.06. The highest BCUT2D eigenvalue weighted by molar-refractivity contribution is 5.62. The smallest absolute Gasteiger partial charge is 0.259 e. The van der Waals surface area contributed by atoms with Crippen LogP contribution in [0.15, 0.2) is 47.1 Å². The van der Waals surface area contributed by atoms with E-state index in [4.69, 9.17) is 9.63 Å². The number of nitrogens with zero attached hydrogens (tertiary/aromatic N) is 3. The molecule has 0 bridgehead atoms. The van der Waals surface area contributed by atoms with Crippen molar-refractivity contribution in [2.75, 3.05) is 18.5 Å². The summed E-state index contributed by atoms with van der Waals surface area (Å²) in [5.41, 5.74) is 2.82. The molecule has 0 aliphatic rings. The average molecular weight is 310 g/mol. The second kappa shape index (κ2) is 7.02. The third kappa shape index (κ3) is 3.54. The van der Waals surface area contributed by atoms with E-state index in [1.54, 1.807) is 6.20 Å². The van der Waals surface area contributed by atoms with Crippen LogP contribution >= 0.6 is 0 Å². The third-order valence-electron chi connectivity index (χ3n) is 3.46. The number of hydrogen-bond donors (Lipinski definition) is 2. The van der Waals surface area contributed by atoms with Crippen molar-refractivity contribution in [3.05, 3.63) is 48.2 Å². The molecule has 0 atom stereocenters. The highest BCUT2D eigenvalue weighted by atomic mass is 16.5. The predicted molar refractivity (Wildman–Crippen MR) is 87.9 cm³/mol. The summed E-state index contributed by atoms with van der Waals surface area (Å²) in [7, 11) is 0. The van der Waals surface area contributed by atoms with E-state index in [9.17, 15) is 0 Å². The number of hydrogen-bond acceptors (Lipinski definition) is 6. The van der Waals surface area contributed by atoms with Crippen molar-refractivity contribution >= 4 is 5.82 Å². The SMILES string of the molecule is Cc1ccccc1-c1noc(-c2ccc(NCCCO)nc2)n1. The monoisotopic (exact) mass is 310 g/mol. The minimum Gasteiger partial charge on any atom is -0.396 e. The molecule has 6 heteroatoms. The van der Waals surface area contributed by atoms with Gasteiger partial charge in [-0.2, -0.15) is 4.98 Å². The number of aliphatic hydroxyl groups excluding tert-OH is 1. The van der Waals surface area contributed by atoms with Crippen molar-refractivity contribution in [3.8, 4) is 22.8 Å². The summed E-state index contributed by atoms with van der Waals surface area (Å²) in [5.74, 6) is 1.77. The molecule has 2 heterocycles. The van der Waals surface area contributed by atoms with Gasteiger partial charge in [0.25, 0.3) is 5.89 Å². The second-order valence-corrected chi connectivity index (χ2v) is 5.17. The molecule has 0 radical (unpaired) electrons. The van der Waals surface area contributed by atoms with E-state index in [0.29, 0.717) is 24.7 Å². The van der Waals surface area contributed by atoms with Crippen LogP contribution in [0.5, 0.6) is 0 Å². The van der Waals surface area contributed by atoms with Crippen LogP contribution in [0.3, 0.4) is 0 Å². The van der Waals surface area contributed by atoms with Gasteiger partial charge in [0, 0.05) is 24.9 Å². The molecule has 0 fully saturated rings. The molecule has 0 unspecified atom stereocenters. The number of nitrogens with one attached hydrogen (secondary N) is 1. The molecule has 3 aromatic rings. The van der Waals surface area contributed by atoms with Crippen LogP contribution in [0.4, 0.5) is 5.82 Å². The molecule has 0 amide bonds. The third-order valence-corrected chi connectivity index (χ3v) is 3.46. The Kier molecular flexibility index (Phi) is 4.63. The molecular formula is C17H18N4O2. The maximum absolute atomic E-state index is 8.76. The van der Waals surface area contributed by atoms with Crippen molar-refractivity contribution in [2.45, 2.75) is 13.3 Å². The fraction of sp³-hybridized carbons (Fsp3) is 0.235. The Morgan fingerprint density at radius 3 is 2.78 bits per heavy atom. The van der Waals surface area contributed by atoms with E-state index in [1.807, 2.05) is 43.3 Å². The van der Waals surface area contributed by atoms with Crippen molar-refractivity contribution in [2.24, 2.45) is 0 Å². The van der Waals surface area contributed by atoms with E-state index in [2.05, 4.69) is 20.4 Å².